The molecule has 0 aliphatic rings. The summed E-state index contributed by atoms with van der Waals surface area (Å²) in [5.41, 5.74) is 2.62. The number of carbonyl (C=O) groups excluding carboxylic acids is 1. The fourth-order valence-electron chi connectivity index (χ4n) is 3.13. The number of aromatic nitrogens is 1. The minimum Gasteiger partial charge on any atom is -0.497 e. The normalized spacial score (nSPS) is 10.6. The van der Waals surface area contributed by atoms with Crippen molar-refractivity contribution in [3.05, 3.63) is 53.4 Å². The lowest BCUT2D eigenvalue weighted by molar-refractivity contribution is -0.117. The van der Waals surface area contributed by atoms with Crippen LogP contribution in [0.25, 0.3) is 11.3 Å². The lowest BCUT2D eigenvalue weighted by Crippen LogP contribution is -2.25. The van der Waals surface area contributed by atoms with Crippen LogP contribution in [0.1, 0.15) is 31.6 Å². The molecule has 1 amide bonds. The van der Waals surface area contributed by atoms with Crippen LogP contribution >= 0.6 is 11.3 Å². The molecule has 0 fully saturated rings. The molecule has 0 N–H and O–H groups in total. The summed E-state index contributed by atoms with van der Waals surface area (Å²) < 4.78 is 10.9. The quantitative estimate of drug-likeness (QED) is 0.467. The number of methoxy groups -OCH3 is 2. The Morgan fingerprint density at radius 1 is 1.07 bits per heavy atom. The Balaban J connectivity index is 2.17. The highest BCUT2D eigenvalue weighted by atomic mass is 32.1. The first-order valence-electron chi connectivity index (χ1n) is 9.73. The predicted octanol–water partition coefficient (Wildman–Crippen LogP) is 5.85. The van der Waals surface area contributed by atoms with Crippen LogP contribution in [-0.2, 0) is 11.2 Å². The number of carbonyl (C=O) groups is 1. The molecule has 6 heteroatoms. The van der Waals surface area contributed by atoms with Gasteiger partial charge in [0.1, 0.15) is 11.5 Å². The van der Waals surface area contributed by atoms with Gasteiger partial charge in [-0.05, 0) is 18.6 Å². The number of hydrogen-bond acceptors (Lipinski definition) is 5. The molecule has 0 aliphatic carbocycles. The van der Waals surface area contributed by atoms with Gasteiger partial charge < -0.3 is 9.47 Å². The summed E-state index contributed by atoms with van der Waals surface area (Å²) in [4.78, 5) is 20.7. The lowest BCUT2D eigenvalue weighted by atomic mass is 10.1. The van der Waals surface area contributed by atoms with Crippen molar-refractivity contribution in [3.8, 4) is 22.8 Å². The minimum absolute atomic E-state index is 0.0482. The van der Waals surface area contributed by atoms with Crippen molar-refractivity contribution in [1.82, 2.24) is 4.98 Å². The maximum absolute atomic E-state index is 13.0. The van der Waals surface area contributed by atoms with Crippen LogP contribution in [0.3, 0.4) is 0 Å². The lowest BCUT2D eigenvalue weighted by Gasteiger charge is -2.22. The van der Waals surface area contributed by atoms with Gasteiger partial charge >= 0.3 is 0 Å². The maximum atomic E-state index is 13.0. The molecule has 0 bridgehead atoms. The summed E-state index contributed by atoms with van der Waals surface area (Å²) in [6.45, 7) is 3.99. The highest BCUT2D eigenvalue weighted by Gasteiger charge is 2.26. The molecule has 0 radical (unpaired) electrons. The zero-order valence-corrected chi connectivity index (χ0v) is 18.1. The van der Waals surface area contributed by atoms with Crippen LogP contribution in [0.5, 0.6) is 11.5 Å². The largest absolute Gasteiger partial charge is 0.497 e. The van der Waals surface area contributed by atoms with Crippen molar-refractivity contribution in [2.45, 2.75) is 33.1 Å². The number of amides is 1. The summed E-state index contributed by atoms with van der Waals surface area (Å²) in [7, 11) is 3.20. The Kier molecular flexibility index (Phi) is 6.88. The molecule has 0 aliphatic heterocycles. The van der Waals surface area contributed by atoms with E-state index in [4.69, 9.17) is 14.5 Å². The molecule has 0 unspecified atom stereocenters. The van der Waals surface area contributed by atoms with E-state index < -0.39 is 0 Å². The monoisotopic (exact) mass is 410 g/mol. The molecule has 3 aromatic rings. The Morgan fingerprint density at radius 3 is 2.45 bits per heavy atom. The third-order valence-electron chi connectivity index (χ3n) is 4.58. The Hall–Kier alpha value is -2.86. The molecule has 3 rings (SSSR count). The molecule has 0 saturated carbocycles. The second-order valence-electron chi connectivity index (χ2n) is 6.50. The first-order chi connectivity index (χ1) is 14.1. The molecule has 0 spiro atoms. The van der Waals surface area contributed by atoms with E-state index in [1.165, 1.54) is 4.88 Å². The highest BCUT2D eigenvalue weighted by molar-refractivity contribution is 7.16. The number of aryl methyl sites for hydroxylation is 1. The number of rotatable bonds is 8. The van der Waals surface area contributed by atoms with Crippen LogP contribution in [0.2, 0.25) is 0 Å². The van der Waals surface area contributed by atoms with Crippen LogP contribution in [0.15, 0.2) is 48.5 Å². The van der Waals surface area contributed by atoms with Gasteiger partial charge in [-0.2, -0.15) is 0 Å². The number of benzene rings is 2. The summed E-state index contributed by atoms with van der Waals surface area (Å²) >= 11 is 1.56. The van der Waals surface area contributed by atoms with Gasteiger partial charge in [-0.3, -0.25) is 9.69 Å². The van der Waals surface area contributed by atoms with Gasteiger partial charge in [0.05, 0.1) is 25.6 Å². The van der Waals surface area contributed by atoms with Gasteiger partial charge in [0.15, 0.2) is 5.13 Å². The first kappa shape index (κ1) is 20.9. The van der Waals surface area contributed by atoms with Gasteiger partial charge in [0, 0.05) is 22.9 Å². The molecular weight excluding hydrogens is 384 g/mol. The van der Waals surface area contributed by atoms with Crippen LogP contribution in [0.4, 0.5) is 10.8 Å². The molecule has 1 heterocycles. The fourth-order valence-corrected chi connectivity index (χ4v) is 4.34. The van der Waals surface area contributed by atoms with Gasteiger partial charge in [-0.1, -0.05) is 50.6 Å². The number of anilines is 2. The molecular formula is C23H26N2O3S. The summed E-state index contributed by atoms with van der Waals surface area (Å²) in [6.07, 6.45) is 2.26. The minimum atomic E-state index is -0.0482. The van der Waals surface area contributed by atoms with Gasteiger partial charge in [-0.25, -0.2) is 4.98 Å². The average molecular weight is 411 g/mol. The third kappa shape index (κ3) is 4.43. The van der Waals surface area contributed by atoms with E-state index in [0.717, 1.165) is 24.1 Å². The van der Waals surface area contributed by atoms with Crippen molar-refractivity contribution in [3.63, 3.8) is 0 Å². The van der Waals surface area contributed by atoms with E-state index in [1.807, 2.05) is 43.3 Å². The standard InChI is InChI=1S/C23H26N2O3S/c1-5-10-20-22(16-11-8-7-9-12-16)24-23(29-20)25(21(26)6-2)18-15-17(27-3)13-14-19(18)28-4/h7-9,11-15H,5-6,10H2,1-4H3. The number of ether oxygens (including phenoxy) is 2. The Bertz CT molecular complexity index is 970. The molecule has 29 heavy (non-hydrogen) atoms. The van der Waals surface area contributed by atoms with Gasteiger partial charge in [0.25, 0.3) is 0 Å². The second kappa shape index (κ2) is 9.56. The second-order valence-corrected chi connectivity index (χ2v) is 7.57. The summed E-state index contributed by atoms with van der Waals surface area (Å²) in [5.74, 6) is 1.21. The average Bonchev–Trinajstić information content (AvgIpc) is 3.17. The van der Waals surface area contributed by atoms with Crippen molar-refractivity contribution in [1.29, 1.82) is 0 Å². The van der Waals surface area contributed by atoms with E-state index in [2.05, 4.69) is 19.1 Å². The summed E-state index contributed by atoms with van der Waals surface area (Å²) in [6, 6.07) is 15.5. The third-order valence-corrected chi connectivity index (χ3v) is 5.68. The summed E-state index contributed by atoms with van der Waals surface area (Å²) in [5, 5.41) is 0.644. The predicted molar refractivity (Wildman–Crippen MR) is 119 cm³/mol. The highest BCUT2D eigenvalue weighted by Crippen LogP contribution is 2.41. The first-order valence-corrected chi connectivity index (χ1v) is 10.5. The molecule has 0 saturated heterocycles. The smallest absolute Gasteiger partial charge is 0.233 e. The van der Waals surface area contributed by atoms with E-state index in [9.17, 15) is 4.79 Å². The topological polar surface area (TPSA) is 51.7 Å². The van der Waals surface area contributed by atoms with E-state index in [1.54, 1.807) is 30.5 Å². The zero-order valence-electron chi connectivity index (χ0n) is 17.3. The number of thiazole rings is 1. The van der Waals surface area contributed by atoms with Crippen LogP contribution in [-0.4, -0.2) is 25.1 Å². The van der Waals surface area contributed by atoms with E-state index >= 15 is 0 Å². The van der Waals surface area contributed by atoms with Crippen molar-refractivity contribution >= 4 is 28.1 Å². The van der Waals surface area contributed by atoms with Crippen molar-refractivity contribution < 1.29 is 14.3 Å². The maximum Gasteiger partial charge on any atom is 0.233 e. The van der Waals surface area contributed by atoms with Crippen LogP contribution in [0, 0.1) is 0 Å². The Labute approximate surface area is 175 Å². The molecule has 2 aromatic carbocycles. The van der Waals surface area contributed by atoms with Crippen molar-refractivity contribution in [2.24, 2.45) is 0 Å². The zero-order chi connectivity index (χ0) is 20.8. The fraction of sp³-hybridized carbons (Fsp3) is 0.304. The number of nitrogens with zero attached hydrogens (tertiary/aromatic N) is 2. The van der Waals surface area contributed by atoms with Gasteiger partial charge in [-0.15, -0.1) is 11.3 Å². The molecule has 152 valence electrons. The SMILES string of the molecule is CCCc1sc(N(C(=O)CC)c2cc(OC)ccc2OC)nc1-c1ccccc1. The van der Waals surface area contributed by atoms with E-state index in [0.29, 0.717) is 28.7 Å². The molecule has 1 aromatic heterocycles. The number of hydrogen-bond donors (Lipinski definition) is 0. The van der Waals surface area contributed by atoms with Crippen molar-refractivity contribution in [2.75, 3.05) is 19.1 Å². The Morgan fingerprint density at radius 2 is 1.83 bits per heavy atom. The molecule has 0 atom stereocenters. The molecule has 5 nitrogen and oxygen atoms in total. The van der Waals surface area contributed by atoms with E-state index in [-0.39, 0.29) is 5.91 Å². The van der Waals surface area contributed by atoms with Crippen LogP contribution < -0.4 is 14.4 Å². The van der Waals surface area contributed by atoms with Gasteiger partial charge in [0.2, 0.25) is 5.91 Å².